The van der Waals surface area contributed by atoms with Gasteiger partial charge in [-0.05, 0) is 31.9 Å². The van der Waals surface area contributed by atoms with Crippen molar-refractivity contribution in [3.8, 4) is 5.75 Å². The molecule has 1 amide bonds. The number of aliphatic hydroxyl groups excluding tert-OH is 1. The van der Waals surface area contributed by atoms with Crippen molar-refractivity contribution in [2.24, 2.45) is 5.92 Å². The van der Waals surface area contributed by atoms with Crippen molar-refractivity contribution in [1.29, 1.82) is 0 Å². The van der Waals surface area contributed by atoms with E-state index in [0.717, 1.165) is 0 Å². The van der Waals surface area contributed by atoms with Gasteiger partial charge in [0.05, 0.1) is 6.10 Å². The molecule has 1 rings (SSSR count). The predicted octanol–water partition coefficient (Wildman–Crippen LogP) is 2.42. The number of halogens is 1. The van der Waals surface area contributed by atoms with Crippen LogP contribution in [0.25, 0.3) is 0 Å². The highest BCUT2D eigenvalue weighted by molar-refractivity contribution is 5.80. The zero-order valence-electron chi connectivity index (χ0n) is 12.3. The van der Waals surface area contributed by atoms with Crippen molar-refractivity contribution >= 4 is 5.91 Å². The highest BCUT2D eigenvalue weighted by Crippen LogP contribution is 2.26. The van der Waals surface area contributed by atoms with Gasteiger partial charge >= 0.3 is 0 Å². The van der Waals surface area contributed by atoms with Gasteiger partial charge in [-0.1, -0.05) is 13.8 Å². The van der Waals surface area contributed by atoms with Crippen LogP contribution in [0.15, 0.2) is 18.2 Å². The van der Waals surface area contributed by atoms with E-state index in [9.17, 15) is 14.3 Å². The molecular formula is C15H22FNO3. The molecule has 1 aromatic carbocycles. The lowest BCUT2D eigenvalue weighted by atomic mass is 10.1. The molecular weight excluding hydrogens is 261 g/mol. The number of aliphatic hydroxyl groups is 1. The molecule has 0 radical (unpaired) electrons. The number of rotatable bonds is 6. The first kappa shape index (κ1) is 16.4. The molecule has 2 N–H and O–H groups in total. The van der Waals surface area contributed by atoms with Crippen molar-refractivity contribution in [1.82, 2.24) is 5.32 Å². The first-order valence-corrected chi connectivity index (χ1v) is 6.73. The lowest BCUT2D eigenvalue weighted by Crippen LogP contribution is -2.38. The van der Waals surface area contributed by atoms with E-state index in [-0.39, 0.29) is 11.7 Å². The fraction of sp³-hybridized carbons (Fsp3) is 0.533. The van der Waals surface area contributed by atoms with Crippen LogP contribution in [-0.2, 0) is 4.79 Å². The van der Waals surface area contributed by atoms with Crippen LogP contribution in [0.4, 0.5) is 4.39 Å². The van der Waals surface area contributed by atoms with Crippen LogP contribution in [0.5, 0.6) is 5.75 Å². The van der Waals surface area contributed by atoms with E-state index in [4.69, 9.17) is 4.74 Å². The van der Waals surface area contributed by atoms with E-state index in [0.29, 0.717) is 18.0 Å². The molecule has 20 heavy (non-hydrogen) atoms. The van der Waals surface area contributed by atoms with Crippen LogP contribution in [-0.4, -0.2) is 23.7 Å². The van der Waals surface area contributed by atoms with Crippen LogP contribution in [0.2, 0.25) is 0 Å². The van der Waals surface area contributed by atoms with E-state index in [1.54, 1.807) is 13.8 Å². The summed E-state index contributed by atoms with van der Waals surface area (Å²) in [4.78, 5) is 11.8. The minimum atomic E-state index is -0.795. The molecule has 5 heteroatoms. The maximum absolute atomic E-state index is 13.3. The smallest absolute Gasteiger partial charge is 0.260 e. The topological polar surface area (TPSA) is 58.6 Å². The first-order chi connectivity index (χ1) is 9.31. The summed E-state index contributed by atoms with van der Waals surface area (Å²) in [7, 11) is 0. The van der Waals surface area contributed by atoms with E-state index in [1.807, 2.05) is 13.8 Å². The van der Waals surface area contributed by atoms with Gasteiger partial charge in [-0.3, -0.25) is 4.79 Å². The van der Waals surface area contributed by atoms with Gasteiger partial charge in [0, 0.05) is 18.2 Å². The standard InChI is InChI=1S/C15H22FNO3/c1-9(2)8-17-15(19)11(4)20-14-7-12(16)5-6-13(14)10(3)18/h5-7,9-11,18H,8H2,1-4H3,(H,17,19)/t10-,11?/m0/s1. The molecule has 0 aliphatic heterocycles. The molecule has 4 nitrogen and oxygen atoms in total. The normalized spacial score (nSPS) is 13.9. The molecule has 112 valence electrons. The summed E-state index contributed by atoms with van der Waals surface area (Å²) in [5, 5.41) is 12.4. The van der Waals surface area contributed by atoms with Gasteiger partial charge in [-0.15, -0.1) is 0 Å². The highest BCUT2D eigenvalue weighted by atomic mass is 19.1. The number of benzene rings is 1. The molecule has 0 fully saturated rings. The molecule has 0 aliphatic rings. The quantitative estimate of drug-likeness (QED) is 0.843. The van der Waals surface area contributed by atoms with E-state index >= 15 is 0 Å². The first-order valence-electron chi connectivity index (χ1n) is 6.73. The van der Waals surface area contributed by atoms with Crippen molar-refractivity contribution in [3.05, 3.63) is 29.6 Å². The second-order valence-corrected chi connectivity index (χ2v) is 5.26. The summed E-state index contributed by atoms with van der Waals surface area (Å²) in [6.07, 6.45) is -1.55. The molecule has 1 unspecified atom stereocenters. The van der Waals surface area contributed by atoms with E-state index in [1.165, 1.54) is 18.2 Å². The fourth-order valence-corrected chi connectivity index (χ4v) is 1.65. The minimum Gasteiger partial charge on any atom is -0.480 e. The molecule has 0 saturated heterocycles. The molecule has 0 bridgehead atoms. The SMILES string of the molecule is CC(C)CNC(=O)C(C)Oc1cc(F)ccc1[C@H](C)O. The second kappa shape index (κ2) is 7.24. The van der Waals surface area contributed by atoms with Crippen LogP contribution < -0.4 is 10.1 Å². The lowest BCUT2D eigenvalue weighted by Gasteiger charge is -2.19. The van der Waals surface area contributed by atoms with Gasteiger partial charge < -0.3 is 15.2 Å². The highest BCUT2D eigenvalue weighted by Gasteiger charge is 2.18. The average molecular weight is 283 g/mol. The van der Waals surface area contributed by atoms with Gasteiger partial charge in [0.1, 0.15) is 11.6 Å². The van der Waals surface area contributed by atoms with Crippen molar-refractivity contribution in [3.63, 3.8) is 0 Å². The Morgan fingerprint density at radius 3 is 2.55 bits per heavy atom. The maximum atomic E-state index is 13.3. The Labute approximate surface area is 119 Å². The Kier molecular flexibility index (Phi) is 5.95. The maximum Gasteiger partial charge on any atom is 0.260 e. The number of hydrogen-bond donors (Lipinski definition) is 2. The van der Waals surface area contributed by atoms with Crippen molar-refractivity contribution in [2.75, 3.05) is 6.54 Å². The monoisotopic (exact) mass is 283 g/mol. The van der Waals surface area contributed by atoms with Crippen LogP contribution in [0.3, 0.4) is 0 Å². The zero-order chi connectivity index (χ0) is 15.3. The fourth-order valence-electron chi connectivity index (χ4n) is 1.65. The van der Waals surface area contributed by atoms with Crippen molar-refractivity contribution in [2.45, 2.75) is 39.9 Å². The third-order valence-electron chi connectivity index (χ3n) is 2.78. The molecule has 2 atom stereocenters. The molecule has 0 spiro atoms. The number of nitrogens with one attached hydrogen (secondary N) is 1. The Balaban J connectivity index is 2.76. The number of carbonyl (C=O) groups is 1. The number of carbonyl (C=O) groups excluding carboxylic acids is 1. The van der Waals surface area contributed by atoms with Gasteiger partial charge in [-0.2, -0.15) is 0 Å². The van der Waals surface area contributed by atoms with Gasteiger partial charge in [0.2, 0.25) is 0 Å². The lowest BCUT2D eigenvalue weighted by molar-refractivity contribution is -0.127. The Hall–Kier alpha value is -1.62. The van der Waals surface area contributed by atoms with E-state index in [2.05, 4.69) is 5.32 Å². The van der Waals surface area contributed by atoms with E-state index < -0.39 is 18.0 Å². The summed E-state index contributed by atoms with van der Waals surface area (Å²) in [6, 6.07) is 3.88. The summed E-state index contributed by atoms with van der Waals surface area (Å²) in [6.45, 7) is 7.68. The average Bonchev–Trinajstić information content (AvgIpc) is 2.35. The number of hydrogen-bond acceptors (Lipinski definition) is 3. The number of ether oxygens (including phenoxy) is 1. The van der Waals surface area contributed by atoms with Gasteiger partial charge in [-0.25, -0.2) is 4.39 Å². The summed E-state index contributed by atoms with van der Waals surface area (Å²) < 4.78 is 18.7. The largest absolute Gasteiger partial charge is 0.480 e. The molecule has 0 heterocycles. The summed E-state index contributed by atoms with van der Waals surface area (Å²) >= 11 is 0. The number of amides is 1. The Morgan fingerprint density at radius 2 is 2.00 bits per heavy atom. The van der Waals surface area contributed by atoms with Crippen LogP contribution >= 0.6 is 0 Å². The molecule has 0 aromatic heterocycles. The molecule has 0 saturated carbocycles. The Bertz CT molecular complexity index is 460. The molecule has 1 aromatic rings. The zero-order valence-corrected chi connectivity index (χ0v) is 12.3. The van der Waals surface area contributed by atoms with Gasteiger partial charge in [0.15, 0.2) is 6.10 Å². The van der Waals surface area contributed by atoms with Gasteiger partial charge in [0.25, 0.3) is 5.91 Å². The van der Waals surface area contributed by atoms with Crippen molar-refractivity contribution < 1.29 is 19.0 Å². The Morgan fingerprint density at radius 1 is 1.35 bits per heavy atom. The molecule has 0 aliphatic carbocycles. The second-order valence-electron chi connectivity index (χ2n) is 5.26. The summed E-state index contributed by atoms with van der Waals surface area (Å²) in [5.41, 5.74) is 0.454. The minimum absolute atomic E-state index is 0.187. The summed E-state index contributed by atoms with van der Waals surface area (Å²) in [5.74, 6) is -0.209. The van der Waals surface area contributed by atoms with Crippen LogP contribution in [0.1, 0.15) is 39.4 Å². The third-order valence-corrected chi connectivity index (χ3v) is 2.78. The third kappa shape index (κ3) is 4.81. The predicted molar refractivity (Wildman–Crippen MR) is 75.0 cm³/mol. The van der Waals surface area contributed by atoms with Crippen LogP contribution in [0, 0.1) is 11.7 Å².